The Morgan fingerprint density at radius 1 is 1.35 bits per heavy atom. The maximum atomic E-state index is 13.1. The molecule has 1 unspecified atom stereocenters. The van der Waals surface area contributed by atoms with Crippen molar-refractivity contribution in [2.24, 2.45) is 0 Å². The van der Waals surface area contributed by atoms with Gasteiger partial charge in [-0.2, -0.15) is 0 Å². The first-order chi connectivity index (χ1) is 12.7. The standard InChI is InChI=1S/C20H22N2O2S2/c1-3-22-19(23)16-13(2)17(14-8-5-4-6-9-14)26-18(16)21-20(22)25-12-15-10-7-11-24-15/h4-6,8-9,15H,3,7,10-12H2,1-2H3. The summed E-state index contributed by atoms with van der Waals surface area (Å²) < 4.78 is 7.52. The fraction of sp³-hybridized carbons (Fsp3) is 0.400. The molecule has 1 fully saturated rings. The number of aryl methyl sites for hydroxylation is 1. The second kappa shape index (κ2) is 7.55. The van der Waals surface area contributed by atoms with Crippen LogP contribution in [0.3, 0.4) is 0 Å². The number of hydrogen-bond acceptors (Lipinski definition) is 5. The molecular formula is C20H22N2O2S2. The average Bonchev–Trinajstić information content (AvgIpc) is 3.29. The number of nitrogens with zero attached hydrogens (tertiary/aromatic N) is 2. The predicted molar refractivity (Wildman–Crippen MR) is 109 cm³/mol. The highest BCUT2D eigenvalue weighted by atomic mass is 32.2. The van der Waals surface area contributed by atoms with E-state index in [2.05, 4.69) is 12.1 Å². The summed E-state index contributed by atoms with van der Waals surface area (Å²) in [4.78, 5) is 20.0. The molecule has 1 atom stereocenters. The average molecular weight is 387 g/mol. The van der Waals surface area contributed by atoms with E-state index in [0.29, 0.717) is 6.54 Å². The summed E-state index contributed by atoms with van der Waals surface area (Å²) in [6.07, 6.45) is 2.51. The van der Waals surface area contributed by atoms with Gasteiger partial charge in [0.05, 0.1) is 11.5 Å². The molecule has 26 heavy (non-hydrogen) atoms. The van der Waals surface area contributed by atoms with Crippen LogP contribution in [0.2, 0.25) is 0 Å². The van der Waals surface area contributed by atoms with Crippen LogP contribution in [0.15, 0.2) is 40.3 Å². The van der Waals surface area contributed by atoms with Gasteiger partial charge in [-0.3, -0.25) is 9.36 Å². The molecule has 0 spiro atoms. The number of ether oxygens (including phenoxy) is 1. The maximum absolute atomic E-state index is 13.1. The Hall–Kier alpha value is -1.63. The summed E-state index contributed by atoms with van der Waals surface area (Å²) >= 11 is 3.26. The van der Waals surface area contributed by atoms with Crippen molar-refractivity contribution in [3.8, 4) is 10.4 Å². The minimum atomic E-state index is 0.0725. The third kappa shape index (κ3) is 3.21. The van der Waals surface area contributed by atoms with Crippen LogP contribution in [0.4, 0.5) is 0 Å². The van der Waals surface area contributed by atoms with E-state index in [1.54, 1.807) is 27.7 Å². The molecule has 6 heteroatoms. The predicted octanol–water partition coefficient (Wildman–Crippen LogP) is 4.72. The molecule has 136 valence electrons. The normalized spacial score (nSPS) is 17.2. The SMILES string of the molecule is CCn1c(SCC2CCCO2)nc2sc(-c3ccccc3)c(C)c2c1=O. The number of aromatic nitrogens is 2. The lowest BCUT2D eigenvalue weighted by molar-refractivity contribution is 0.129. The molecule has 2 aromatic heterocycles. The van der Waals surface area contributed by atoms with Crippen LogP contribution in [0.25, 0.3) is 20.7 Å². The molecule has 4 nitrogen and oxygen atoms in total. The topological polar surface area (TPSA) is 44.1 Å². The third-order valence-corrected chi connectivity index (χ3v) is 7.13. The van der Waals surface area contributed by atoms with E-state index in [-0.39, 0.29) is 11.7 Å². The van der Waals surface area contributed by atoms with Gasteiger partial charge in [0.2, 0.25) is 0 Å². The molecule has 0 saturated carbocycles. The van der Waals surface area contributed by atoms with Gasteiger partial charge >= 0.3 is 0 Å². The zero-order valence-corrected chi connectivity index (χ0v) is 16.7. The largest absolute Gasteiger partial charge is 0.377 e. The third-order valence-electron chi connectivity index (χ3n) is 4.79. The molecule has 1 aliphatic heterocycles. The lowest BCUT2D eigenvalue weighted by atomic mass is 10.1. The van der Waals surface area contributed by atoms with Crippen molar-refractivity contribution in [1.82, 2.24) is 9.55 Å². The summed E-state index contributed by atoms with van der Waals surface area (Å²) in [5.41, 5.74) is 2.25. The Morgan fingerprint density at radius 3 is 2.85 bits per heavy atom. The highest BCUT2D eigenvalue weighted by Gasteiger charge is 2.21. The highest BCUT2D eigenvalue weighted by Crippen LogP contribution is 2.36. The Labute approximate surface area is 161 Å². The zero-order valence-electron chi connectivity index (χ0n) is 15.0. The fourth-order valence-electron chi connectivity index (χ4n) is 3.40. The van der Waals surface area contributed by atoms with Crippen LogP contribution in [0.1, 0.15) is 25.3 Å². The summed E-state index contributed by atoms with van der Waals surface area (Å²) in [6, 6.07) is 10.2. The lowest BCUT2D eigenvalue weighted by Gasteiger charge is -2.12. The van der Waals surface area contributed by atoms with Crippen molar-refractivity contribution in [3.05, 3.63) is 46.2 Å². The van der Waals surface area contributed by atoms with Crippen LogP contribution >= 0.6 is 23.1 Å². The summed E-state index contributed by atoms with van der Waals surface area (Å²) in [5, 5.41) is 1.57. The van der Waals surface area contributed by atoms with Gasteiger partial charge in [0.15, 0.2) is 5.16 Å². The molecule has 0 N–H and O–H groups in total. The van der Waals surface area contributed by atoms with E-state index in [1.807, 2.05) is 32.0 Å². The summed E-state index contributed by atoms with van der Waals surface area (Å²) in [7, 11) is 0. The van der Waals surface area contributed by atoms with E-state index in [9.17, 15) is 4.79 Å². The molecule has 1 aromatic carbocycles. The van der Waals surface area contributed by atoms with Gasteiger partial charge in [-0.1, -0.05) is 42.1 Å². The monoisotopic (exact) mass is 386 g/mol. The summed E-state index contributed by atoms with van der Waals surface area (Å²) in [6.45, 7) is 5.52. The molecule has 0 amide bonds. The molecule has 3 heterocycles. The van der Waals surface area contributed by atoms with E-state index < -0.39 is 0 Å². The van der Waals surface area contributed by atoms with Crippen molar-refractivity contribution in [3.63, 3.8) is 0 Å². The molecule has 1 saturated heterocycles. The number of thiophene rings is 1. The van der Waals surface area contributed by atoms with Crippen LogP contribution in [0.5, 0.6) is 0 Å². The van der Waals surface area contributed by atoms with Gasteiger partial charge in [0.25, 0.3) is 5.56 Å². The first-order valence-corrected chi connectivity index (χ1v) is 10.8. The Balaban J connectivity index is 1.78. The van der Waals surface area contributed by atoms with Crippen molar-refractivity contribution >= 4 is 33.3 Å². The molecular weight excluding hydrogens is 364 g/mol. The van der Waals surface area contributed by atoms with Crippen LogP contribution < -0.4 is 5.56 Å². The molecule has 3 aromatic rings. The van der Waals surface area contributed by atoms with Crippen LogP contribution in [-0.2, 0) is 11.3 Å². The second-order valence-electron chi connectivity index (χ2n) is 6.49. The summed E-state index contributed by atoms with van der Waals surface area (Å²) in [5.74, 6) is 0.855. The number of fused-ring (bicyclic) bond motifs is 1. The Morgan fingerprint density at radius 2 is 2.15 bits per heavy atom. The quantitative estimate of drug-likeness (QED) is 0.470. The minimum absolute atomic E-state index is 0.0725. The van der Waals surface area contributed by atoms with E-state index in [1.165, 1.54) is 0 Å². The van der Waals surface area contributed by atoms with Crippen LogP contribution in [-0.4, -0.2) is 28.0 Å². The molecule has 0 bridgehead atoms. The van der Waals surface area contributed by atoms with Gasteiger partial charge in [-0.15, -0.1) is 11.3 Å². The van der Waals surface area contributed by atoms with Gasteiger partial charge in [0, 0.05) is 23.8 Å². The zero-order chi connectivity index (χ0) is 18.1. The van der Waals surface area contributed by atoms with Crippen molar-refractivity contribution in [1.29, 1.82) is 0 Å². The number of rotatable bonds is 5. The fourth-order valence-corrected chi connectivity index (χ4v) is 5.75. The lowest BCUT2D eigenvalue weighted by Crippen LogP contribution is -2.23. The first-order valence-electron chi connectivity index (χ1n) is 9.02. The van der Waals surface area contributed by atoms with Crippen molar-refractivity contribution in [2.75, 3.05) is 12.4 Å². The van der Waals surface area contributed by atoms with Gasteiger partial charge in [-0.05, 0) is 37.8 Å². The van der Waals surface area contributed by atoms with E-state index in [0.717, 1.165) is 56.6 Å². The van der Waals surface area contributed by atoms with Gasteiger partial charge in [-0.25, -0.2) is 4.98 Å². The Bertz CT molecular complexity index is 973. The van der Waals surface area contributed by atoms with Crippen molar-refractivity contribution in [2.45, 2.75) is 44.5 Å². The van der Waals surface area contributed by atoms with E-state index in [4.69, 9.17) is 9.72 Å². The minimum Gasteiger partial charge on any atom is -0.377 e. The Kier molecular flexibility index (Phi) is 5.16. The number of thioether (sulfide) groups is 1. The number of benzene rings is 1. The van der Waals surface area contributed by atoms with Gasteiger partial charge in [0.1, 0.15) is 4.83 Å². The number of hydrogen-bond donors (Lipinski definition) is 0. The van der Waals surface area contributed by atoms with Gasteiger partial charge < -0.3 is 4.74 Å². The molecule has 0 aliphatic carbocycles. The first kappa shape index (κ1) is 17.8. The van der Waals surface area contributed by atoms with Crippen LogP contribution in [0, 0.1) is 6.92 Å². The smallest absolute Gasteiger partial charge is 0.263 e. The highest BCUT2D eigenvalue weighted by molar-refractivity contribution is 7.99. The molecule has 0 radical (unpaired) electrons. The van der Waals surface area contributed by atoms with Crippen molar-refractivity contribution < 1.29 is 4.74 Å². The molecule has 4 rings (SSSR count). The molecule has 1 aliphatic rings. The van der Waals surface area contributed by atoms with E-state index >= 15 is 0 Å². The maximum Gasteiger partial charge on any atom is 0.263 e. The second-order valence-corrected chi connectivity index (χ2v) is 8.48.